The fraction of sp³-hybridized carbons (Fsp3) is 0.438. The molecule has 1 aliphatic rings. The molecule has 1 aromatic heterocycles. The maximum absolute atomic E-state index is 10.5. The highest BCUT2D eigenvalue weighted by Gasteiger charge is 2.25. The van der Waals surface area contributed by atoms with E-state index in [0.29, 0.717) is 6.42 Å². The lowest BCUT2D eigenvalue weighted by Gasteiger charge is -2.27. The van der Waals surface area contributed by atoms with Crippen LogP contribution in [-0.2, 0) is 17.7 Å². The van der Waals surface area contributed by atoms with E-state index in [1.165, 1.54) is 11.1 Å². The van der Waals surface area contributed by atoms with Gasteiger partial charge in [-0.1, -0.05) is 24.3 Å². The number of hydrogen-bond donors (Lipinski definition) is 1. The molecule has 20 heavy (non-hydrogen) atoms. The van der Waals surface area contributed by atoms with Crippen molar-refractivity contribution in [3.05, 3.63) is 53.3 Å². The second-order valence-corrected chi connectivity index (χ2v) is 5.13. The van der Waals surface area contributed by atoms with Crippen molar-refractivity contribution in [1.29, 1.82) is 0 Å². The van der Waals surface area contributed by atoms with E-state index in [9.17, 15) is 5.11 Å². The molecule has 1 aliphatic heterocycles. The normalized spacial score (nSPS) is 19.6. The molecule has 2 aromatic rings. The zero-order chi connectivity index (χ0) is 13.9. The predicted octanol–water partition coefficient (Wildman–Crippen LogP) is 2.64. The third kappa shape index (κ3) is 2.49. The van der Waals surface area contributed by atoms with Gasteiger partial charge in [-0.25, -0.2) is 0 Å². The molecule has 0 amide bonds. The molecule has 0 fully saturated rings. The molecule has 1 N–H and O–H groups in total. The first kappa shape index (κ1) is 13.3. The summed E-state index contributed by atoms with van der Waals surface area (Å²) < 4.78 is 7.69. The first-order valence-corrected chi connectivity index (χ1v) is 7.18. The third-order valence-corrected chi connectivity index (χ3v) is 3.92. The van der Waals surface area contributed by atoms with Gasteiger partial charge < -0.3 is 9.84 Å². The molecule has 0 saturated heterocycles. The molecule has 4 heteroatoms. The highest BCUT2D eigenvalue weighted by Crippen LogP contribution is 2.34. The molecule has 3 rings (SSSR count). The number of rotatable bonds is 4. The van der Waals surface area contributed by atoms with Crippen LogP contribution in [0.2, 0.25) is 0 Å². The molecular formula is C16H20N2O2. The standard InChI is InChI=1S/C16H20N2O2/c1-2-18-14(7-9-17-18)15(19)11-16-13-6-4-3-5-12(13)8-10-20-16/h3-7,9,15-16,19H,2,8,10-11H2,1H3. The average molecular weight is 272 g/mol. The Morgan fingerprint density at radius 2 is 2.25 bits per heavy atom. The van der Waals surface area contributed by atoms with Gasteiger partial charge in [0.05, 0.1) is 24.5 Å². The van der Waals surface area contributed by atoms with Crippen molar-refractivity contribution < 1.29 is 9.84 Å². The largest absolute Gasteiger partial charge is 0.387 e. The lowest BCUT2D eigenvalue weighted by atomic mass is 9.93. The van der Waals surface area contributed by atoms with Crippen LogP contribution in [0.15, 0.2) is 36.5 Å². The molecule has 0 spiro atoms. The number of hydrogen-bond acceptors (Lipinski definition) is 3. The van der Waals surface area contributed by atoms with Gasteiger partial charge >= 0.3 is 0 Å². The molecule has 2 atom stereocenters. The summed E-state index contributed by atoms with van der Waals surface area (Å²) in [6, 6.07) is 10.2. The average Bonchev–Trinajstić information content (AvgIpc) is 2.96. The van der Waals surface area contributed by atoms with E-state index in [4.69, 9.17) is 4.74 Å². The molecular weight excluding hydrogens is 252 g/mol. The summed E-state index contributed by atoms with van der Waals surface area (Å²) in [6.07, 6.45) is 2.68. The summed E-state index contributed by atoms with van der Waals surface area (Å²) in [5.74, 6) is 0. The van der Waals surface area contributed by atoms with Crippen LogP contribution in [0, 0.1) is 0 Å². The minimum Gasteiger partial charge on any atom is -0.387 e. The fourth-order valence-electron chi connectivity index (χ4n) is 2.89. The minimum absolute atomic E-state index is 0.0323. The van der Waals surface area contributed by atoms with Gasteiger partial charge in [0.2, 0.25) is 0 Å². The van der Waals surface area contributed by atoms with Crippen LogP contribution in [0.1, 0.15) is 42.4 Å². The molecule has 0 aliphatic carbocycles. The lowest BCUT2D eigenvalue weighted by molar-refractivity contribution is 0.00182. The number of benzene rings is 1. The smallest absolute Gasteiger partial charge is 0.0984 e. The van der Waals surface area contributed by atoms with Gasteiger partial charge in [-0.3, -0.25) is 4.68 Å². The van der Waals surface area contributed by atoms with E-state index in [1.54, 1.807) is 6.20 Å². The van der Waals surface area contributed by atoms with Crippen molar-refractivity contribution in [2.45, 2.75) is 38.5 Å². The van der Waals surface area contributed by atoms with Gasteiger partial charge in [0.1, 0.15) is 0 Å². The summed E-state index contributed by atoms with van der Waals surface area (Å²) in [5, 5.41) is 14.7. The zero-order valence-corrected chi connectivity index (χ0v) is 11.7. The fourth-order valence-corrected chi connectivity index (χ4v) is 2.89. The maximum Gasteiger partial charge on any atom is 0.0984 e. The van der Waals surface area contributed by atoms with Crippen molar-refractivity contribution in [3.8, 4) is 0 Å². The Kier molecular flexibility index (Phi) is 3.85. The van der Waals surface area contributed by atoms with E-state index >= 15 is 0 Å². The Hall–Kier alpha value is -1.65. The van der Waals surface area contributed by atoms with Gasteiger partial charge in [0, 0.05) is 19.2 Å². The van der Waals surface area contributed by atoms with Crippen molar-refractivity contribution in [2.75, 3.05) is 6.61 Å². The zero-order valence-electron chi connectivity index (χ0n) is 11.7. The van der Waals surface area contributed by atoms with Crippen LogP contribution in [0.4, 0.5) is 0 Å². The molecule has 0 bridgehead atoms. The van der Waals surface area contributed by atoms with E-state index in [2.05, 4.69) is 23.3 Å². The second-order valence-electron chi connectivity index (χ2n) is 5.13. The van der Waals surface area contributed by atoms with Gasteiger partial charge in [0.25, 0.3) is 0 Å². The number of fused-ring (bicyclic) bond motifs is 1. The second kappa shape index (κ2) is 5.77. The number of nitrogens with zero attached hydrogens (tertiary/aromatic N) is 2. The summed E-state index contributed by atoms with van der Waals surface area (Å²) in [4.78, 5) is 0. The Balaban J connectivity index is 1.79. The number of aliphatic hydroxyl groups excluding tert-OH is 1. The molecule has 106 valence electrons. The molecule has 2 heterocycles. The quantitative estimate of drug-likeness (QED) is 0.930. The molecule has 2 unspecified atom stereocenters. The van der Waals surface area contributed by atoms with Gasteiger partial charge in [0.15, 0.2) is 0 Å². The Morgan fingerprint density at radius 1 is 1.40 bits per heavy atom. The highest BCUT2D eigenvalue weighted by molar-refractivity contribution is 5.31. The van der Waals surface area contributed by atoms with Crippen LogP contribution < -0.4 is 0 Å². The van der Waals surface area contributed by atoms with Crippen LogP contribution in [0.5, 0.6) is 0 Å². The summed E-state index contributed by atoms with van der Waals surface area (Å²) >= 11 is 0. The van der Waals surface area contributed by atoms with Gasteiger partial charge in [-0.15, -0.1) is 0 Å². The summed E-state index contributed by atoms with van der Waals surface area (Å²) in [7, 11) is 0. The van der Waals surface area contributed by atoms with Crippen molar-refractivity contribution >= 4 is 0 Å². The first-order valence-electron chi connectivity index (χ1n) is 7.18. The van der Waals surface area contributed by atoms with E-state index < -0.39 is 6.10 Å². The Labute approximate surface area is 119 Å². The van der Waals surface area contributed by atoms with Crippen LogP contribution in [-0.4, -0.2) is 21.5 Å². The Bertz CT molecular complexity index is 579. The monoisotopic (exact) mass is 272 g/mol. The molecule has 4 nitrogen and oxygen atoms in total. The topological polar surface area (TPSA) is 47.3 Å². The predicted molar refractivity (Wildman–Crippen MR) is 76.3 cm³/mol. The van der Waals surface area contributed by atoms with Gasteiger partial charge in [-0.2, -0.15) is 5.10 Å². The maximum atomic E-state index is 10.5. The number of ether oxygens (including phenoxy) is 1. The number of aromatic nitrogens is 2. The first-order chi connectivity index (χ1) is 9.79. The van der Waals surface area contributed by atoms with Crippen LogP contribution in [0.3, 0.4) is 0 Å². The summed E-state index contributed by atoms with van der Waals surface area (Å²) in [5.41, 5.74) is 3.40. The SMILES string of the molecule is CCn1nccc1C(O)CC1OCCc2ccccc21. The number of aryl methyl sites for hydroxylation is 1. The highest BCUT2D eigenvalue weighted by atomic mass is 16.5. The van der Waals surface area contributed by atoms with E-state index in [1.807, 2.05) is 23.7 Å². The Morgan fingerprint density at radius 3 is 3.10 bits per heavy atom. The molecule has 0 radical (unpaired) electrons. The summed E-state index contributed by atoms with van der Waals surface area (Å²) in [6.45, 7) is 3.51. The van der Waals surface area contributed by atoms with E-state index in [0.717, 1.165) is 25.3 Å². The van der Waals surface area contributed by atoms with Crippen molar-refractivity contribution in [1.82, 2.24) is 9.78 Å². The van der Waals surface area contributed by atoms with Crippen LogP contribution in [0.25, 0.3) is 0 Å². The minimum atomic E-state index is -0.548. The van der Waals surface area contributed by atoms with Crippen molar-refractivity contribution in [3.63, 3.8) is 0 Å². The van der Waals surface area contributed by atoms with Crippen molar-refractivity contribution in [2.24, 2.45) is 0 Å². The third-order valence-electron chi connectivity index (χ3n) is 3.92. The number of aliphatic hydroxyl groups is 1. The van der Waals surface area contributed by atoms with E-state index in [-0.39, 0.29) is 6.10 Å². The van der Waals surface area contributed by atoms with Gasteiger partial charge in [-0.05, 0) is 30.5 Å². The molecule has 1 aromatic carbocycles. The van der Waals surface area contributed by atoms with Crippen LogP contribution >= 0.6 is 0 Å². The molecule has 0 saturated carbocycles. The lowest BCUT2D eigenvalue weighted by Crippen LogP contribution is -2.19.